The Kier molecular flexibility index (Phi) is 5.90. The number of piperidine rings is 1. The molecule has 29 heavy (non-hydrogen) atoms. The van der Waals surface area contributed by atoms with Gasteiger partial charge in [0.15, 0.2) is 6.61 Å². The predicted molar refractivity (Wildman–Crippen MR) is 112 cm³/mol. The number of carbonyl (C=O) groups excluding carboxylic acids is 2. The highest BCUT2D eigenvalue weighted by Gasteiger charge is 2.22. The van der Waals surface area contributed by atoms with Crippen LogP contribution >= 0.6 is 11.3 Å². The molecule has 0 aliphatic carbocycles. The summed E-state index contributed by atoms with van der Waals surface area (Å²) in [6, 6.07) is 11.6. The zero-order valence-electron chi connectivity index (χ0n) is 15.9. The lowest BCUT2D eigenvalue weighted by molar-refractivity contribution is -0.134. The van der Waals surface area contributed by atoms with Gasteiger partial charge in [-0.3, -0.25) is 14.7 Å². The summed E-state index contributed by atoms with van der Waals surface area (Å²) < 4.78 is 5.83. The maximum atomic E-state index is 12.8. The lowest BCUT2D eigenvalue weighted by Crippen LogP contribution is -2.38. The lowest BCUT2D eigenvalue weighted by atomic mass is 10.1. The second-order valence-corrected chi connectivity index (χ2v) is 7.89. The molecule has 1 aliphatic heterocycles. The van der Waals surface area contributed by atoms with Gasteiger partial charge in [0, 0.05) is 24.2 Å². The van der Waals surface area contributed by atoms with Crippen molar-refractivity contribution in [3.05, 3.63) is 53.7 Å². The van der Waals surface area contributed by atoms with Crippen LogP contribution in [0.2, 0.25) is 0 Å². The fourth-order valence-electron chi connectivity index (χ4n) is 3.27. The maximum absolute atomic E-state index is 12.8. The molecule has 3 heterocycles. The van der Waals surface area contributed by atoms with E-state index in [-0.39, 0.29) is 18.4 Å². The molecule has 0 spiro atoms. The van der Waals surface area contributed by atoms with E-state index in [2.05, 4.69) is 15.5 Å². The number of hydrogen-bond donors (Lipinski definition) is 2. The van der Waals surface area contributed by atoms with Crippen LogP contribution in [0.15, 0.2) is 48.8 Å². The number of benzene rings is 1. The molecule has 0 saturated carbocycles. The van der Waals surface area contributed by atoms with E-state index < -0.39 is 0 Å². The Labute approximate surface area is 172 Å². The molecular weight excluding hydrogens is 388 g/mol. The van der Waals surface area contributed by atoms with Gasteiger partial charge in [-0.15, -0.1) is 11.3 Å². The number of carbonyl (C=O) groups is 2. The first kappa shape index (κ1) is 19.2. The first-order valence-corrected chi connectivity index (χ1v) is 10.4. The average Bonchev–Trinajstić information content (AvgIpc) is 3.43. The SMILES string of the molecule is O=C(Nc1cn[nH]c1)c1sc(-c2ccccc2)cc1OCC(=O)N1CCCCC1. The third kappa shape index (κ3) is 4.65. The third-order valence-corrected chi connectivity index (χ3v) is 5.94. The van der Waals surface area contributed by atoms with Crippen LogP contribution in [0.3, 0.4) is 0 Å². The molecule has 2 amide bonds. The molecule has 0 bridgehead atoms. The number of amides is 2. The Balaban J connectivity index is 1.54. The van der Waals surface area contributed by atoms with E-state index in [1.165, 1.54) is 17.5 Å². The molecule has 1 saturated heterocycles. The molecular formula is C21H22N4O3S. The van der Waals surface area contributed by atoms with Gasteiger partial charge in [0.25, 0.3) is 11.8 Å². The van der Waals surface area contributed by atoms with Crippen molar-refractivity contribution < 1.29 is 14.3 Å². The normalized spacial score (nSPS) is 13.9. The Morgan fingerprint density at radius 3 is 2.69 bits per heavy atom. The van der Waals surface area contributed by atoms with Crippen molar-refractivity contribution in [2.75, 3.05) is 25.0 Å². The van der Waals surface area contributed by atoms with Crippen LogP contribution in [0.1, 0.15) is 28.9 Å². The van der Waals surface area contributed by atoms with E-state index in [0.29, 0.717) is 16.3 Å². The molecule has 8 heteroatoms. The van der Waals surface area contributed by atoms with Crippen LogP contribution < -0.4 is 10.1 Å². The molecule has 2 aromatic heterocycles. The summed E-state index contributed by atoms with van der Waals surface area (Å²) in [6.45, 7) is 1.47. The predicted octanol–water partition coefficient (Wildman–Crippen LogP) is 3.78. The smallest absolute Gasteiger partial charge is 0.269 e. The highest BCUT2D eigenvalue weighted by Crippen LogP contribution is 2.36. The zero-order chi connectivity index (χ0) is 20.1. The highest BCUT2D eigenvalue weighted by atomic mass is 32.1. The van der Waals surface area contributed by atoms with Gasteiger partial charge in [0.1, 0.15) is 10.6 Å². The van der Waals surface area contributed by atoms with Gasteiger partial charge in [0.05, 0.1) is 11.9 Å². The summed E-state index contributed by atoms with van der Waals surface area (Å²) in [5.74, 6) is 0.0811. The molecule has 1 aliphatic rings. The summed E-state index contributed by atoms with van der Waals surface area (Å²) in [5.41, 5.74) is 1.56. The van der Waals surface area contributed by atoms with Gasteiger partial charge in [-0.05, 0) is 30.9 Å². The number of anilines is 1. The van der Waals surface area contributed by atoms with Crippen LogP contribution in [0.25, 0.3) is 10.4 Å². The summed E-state index contributed by atoms with van der Waals surface area (Å²) in [4.78, 5) is 28.4. The second kappa shape index (κ2) is 8.91. The van der Waals surface area contributed by atoms with E-state index >= 15 is 0 Å². The quantitative estimate of drug-likeness (QED) is 0.647. The summed E-state index contributed by atoms with van der Waals surface area (Å²) in [5, 5.41) is 9.30. The van der Waals surface area contributed by atoms with Crippen LogP contribution in [0.4, 0.5) is 5.69 Å². The molecule has 2 N–H and O–H groups in total. The number of H-pyrrole nitrogens is 1. The van der Waals surface area contributed by atoms with Crippen molar-refractivity contribution in [1.29, 1.82) is 0 Å². The largest absolute Gasteiger partial charge is 0.482 e. The number of aromatic nitrogens is 2. The van der Waals surface area contributed by atoms with Crippen molar-refractivity contribution in [1.82, 2.24) is 15.1 Å². The number of nitrogens with one attached hydrogen (secondary N) is 2. The van der Waals surface area contributed by atoms with Crippen molar-refractivity contribution in [3.63, 3.8) is 0 Å². The zero-order valence-corrected chi connectivity index (χ0v) is 16.7. The molecule has 4 rings (SSSR count). The number of aromatic amines is 1. The van der Waals surface area contributed by atoms with Gasteiger partial charge >= 0.3 is 0 Å². The fraction of sp³-hybridized carbons (Fsp3) is 0.286. The first-order chi connectivity index (χ1) is 14.2. The van der Waals surface area contributed by atoms with Crippen LogP contribution in [0, 0.1) is 0 Å². The molecule has 1 aromatic carbocycles. The Morgan fingerprint density at radius 1 is 1.17 bits per heavy atom. The summed E-state index contributed by atoms with van der Waals surface area (Å²) in [6.07, 6.45) is 6.35. The minimum Gasteiger partial charge on any atom is -0.482 e. The van der Waals surface area contributed by atoms with Crippen molar-refractivity contribution >= 4 is 28.8 Å². The second-order valence-electron chi connectivity index (χ2n) is 6.84. The fourth-order valence-corrected chi connectivity index (χ4v) is 4.27. The monoisotopic (exact) mass is 410 g/mol. The van der Waals surface area contributed by atoms with Gasteiger partial charge in [0.2, 0.25) is 0 Å². The van der Waals surface area contributed by atoms with E-state index in [1.54, 1.807) is 6.20 Å². The topological polar surface area (TPSA) is 87.3 Å². The Morgan fingerprint density at radius 2 is 1.97 bits per heavy atom. The first-order valence-electron chi connectivity index (χ1n) is 9.60. The van der Waals surface area contributed by atoms with E-state index in [4.69, 9.17) is 4.74 Å². The lowest BCUT2D eigenvalue weighted by Gasteiger charge is -2.26. The molecule has 0 radical (unpaired) electrons. The van der Waals surface area contributed by atoms with Crippen LogP contribution in [-0.4, -0.2) is 46.6 Å². The molecule has 150 valence electrons. The van der Waals surface area contributed by atoms with Crippen molar-refractivity contribution in [2.45, 2.75) is 19.3 Å². The molecule has 1 fully saturated rings. The van der Waals surface area contributed by atoms with E-state index in [0.717, 1.165) is 42.8 Å². The minimum absolute atomic E-state index is 0.0432. The van der Waals surface area contributed by atoms with Crippen LogP contribution in [0.5, 0.6) is 5.75 Å². The molecule has 3 aromatic rings. The Hall–Kier alpha value is -3.13. The maximum Gasteiger partial charge on any atom is 0.269 e. The minimum atomic E-state index is -0.293. The number of hydrogen-bond acceptors (Lipinski definition) is 5. The Bertz CT molecular complexity index is 963. The number of likely N-dealkylation sites (tertiary alicyclic amines) is 1. The van der Waals surface area contributed by atoms with Crippen molar-refractivity contribution in [2.24, 2.45) is 0 Å². The molecule has 0 atom stereocenters. The van der Waals surface area contributed by atoms with Crippen molar-refractivity contribution in [3.8, 4) is 16.2 Å². The van der Waals surface area contributed by atoms with Gasteiger partial charge in [-0.1, -0.05) is 30.3 Å². The number of ether oxygens (including phenoxy) is 1. The van der Waals surface area contributed by atoms with Gasteiger partial charge < -0.3 is 15.0 Å². The third-order valence-electron chi connectivity index (χ3n) is 4.78. The van der Waals surface area contributed by atoms with Crippen LogP contribution in [-0.2, 0) is 4.79 Å². The van der Waals surface area contributed by atoms with E-state index in [9.17, 15) is 9.59 Å². The van der Waals surface area contributed by atoms with Gasteiger partial charge in [-0.25, -0.2) is 0 Å². The highest BCUT2D eigenvalue weighted by molar-refractivity contribution is 7.17. The van der Waals surface area contributed by atoms with E-state index in [1.807, 2.05) is 41.3 Å². The average molecular weight is 410 g/mol. The van der Waals surface area contributed by atoms with Gasteiger partial charge in [-0.2, -0.15) is 5.10 Å². The molecule has 7 nitrogen and oxygen atoms in total. The number of nitrogens with zero attached hydrogens (tertiary/aromatic N) is 2. The standard InChI is InChI=1S/C21H22N4O3S/c26-19(25-9-5-2-6-10-25)14-28-17-11-18(15-7-3-1-4-8-15)29-20(17)21(27)24-16-12-22-23-13-16/h1,3-4,7-8,11-13H,2,5-6,9-10,14H2,(H,22,23)(H,24,27). The summed E-state index contributed by atoms with van der Waals surface area (Å²) in [7, 11) is 0. The number of rotatable bonds is 6. The number of thiophene rings is 1. The molecule has 0 unspecified atom stereocenters. The summed E-state index contributed by atoms with van der Waals surface area (Å²) >= 11 is 1.34.